The molecule has 8 nitrogen and oxygen atoms in total. The van der Waals surface area contributed by atoms with Crippen LogP contribution in [0.5, 0.6) is 17.4 Å². The number of nitrogens with zero attached hydrogens (tertiary/aromatic N) is 3. The number of rotatable bonds is 13. The maximum atomic E-state index is 11.6. The molecule has 0 saturated carbocycles. The third-order valence-corrected chi connectivity index (χ3v) is 6.31. The van der Waals surface area contributed by atoms with E-state index in [1.54, 1.807) is 6.07 Å². The van der Waals surface area contributed by atoms with Gasteiger partial charge in [0.1, 0.15) is 17.3 Å². The van der Waals surface area contributed by atoms with Gasteiger partial charge in [-0.1, -0.05) is 54.6 Å². The van der Waals surface area contributed by atoms with Crippen LogP contribution in [0.2, 0.25) is 0 Å². The van der Waals surface area contributed by atoms with E-state index in [0.29, 0.717) is 49.3 Å². The monoisotopic (exact) mass is 549 g/mol. The summed E-state index contributed by atoms with van der Waals surface area (Å²) < 4.78 is 17.7. The molecule has 5 rings (SSSR count). The van der Waals surface area contributed by atoms with Gasteiger partial charge in [-0.15, -0.1) is 0 Å². The molecule has 3 aromatic carbocycles. The number of aryl methyl sites for hydroxylation is 1. The quantitative estimate of drug-likeness (QED) is 0.177. The van der Waals surface area contributed by atoms with Crippen molar-refractivity contribution in [1.29, 1.82) is 0 Å². The first-order chi connectivity index (χ1) is 20.0. The second-order valence-corrected chi connectivity index (χ2v) is 9.55. The van der Waals surface area contributed by atoms with Crippen molar-refractivity contribution in [2.24, 2.45) is 0 Å². The average Bonchev–Trinajstić information content (AvgIpc) is 3.34. The summed E-state index contributed by atoms with van der Waals surface area (Å²) in [5.74, 6) is 2.34. The SMILES string of the molecule is Cc1oc(-c2ccccc2)nc1CCOc1cccc(CN(CC(=O)O)Cc2cccc(Oc3ccccc3)c2)n1. The van der Waals surface area contributed by atoms with Gasteiger partial charge in [-0.3, -0.25) is 9.69 Å². The lowest BCUT2D eigenvalue weighted by Crippen LogP contribution is -2.29. The van der Waals surface area contributed by atoms with E-state index in [1.165, 1.54) is 0 Å². The van der Waals surface area contributed by atoms with Crippen LogP contribution in [0.1, 0.15) is 22.7 Å². The van der Waals surface area contributed by atoms with Crippen LogP contribution in [0.4, 0.5) is 0 Å². The molecule has 2 aromatic heterocycles. The van der Waals surface area contributed by atoms with Crippen molar-refractivity contribution in [3.63, 3.8) is 0 Å². The lowest BCUT2D eigenvalue weighted by molar-refractivity contribution is -0.138. The molecule has 0 aliphatic rings. The Labute approximate surface area is 238 Å². The number of para-hydroxylation sites is 1. The molecule has 2 heterocycles. The van der Waals surface area contributed by atoms with Gasteiger partial charge in [0.25, 0.3) is 0 Å². The maximum Gasteiger partial charge on any atom is 0.317 e. The second-order valence-electron chi connectivity index (χ2n) is 9.55. The largest absolute Gasteiger partial charge is 0.480 e. The van der Waals surface area contributed by atoms with E-state index in [4.69, 9.17) is 13.9 Å². The summed E-state index contributed by atoms with van der Waals surface area (Å²) in [6.45, 7) is 2.90. The van der Waals surface area contributed by atoms with Gasteiger partial charge in [0.05, 0.1) is 24.5 Å². The zero-order valence-corrected chi connectivity index (χ0v) is 22.8. The van der Waals surface area contributed by atoms with Gasteiger partial charge in [0.2, 0.25) is 11.8 Å². The van der Waals surface area contributed by atoms with Crippen LogP contribution in [0.15, 0.2) is 108 Å². The summed E-state index contributed by atoms with van der Waals surface area (Å²) in [7, 11) is 0. The topological polar surface area (TPSA) is 97.9 Å². The number of hydrogen-bond acceptors (Lipinski definition) is 7. The van der Waals surface area contributed by atoms with Crippen molar-refractivity contribution in [2.45, 2.75) is 26.4 Å². The lowest BCUT2D eigenvalue weighted by atomic mass is 10.2. The van der Waals surface area contributed by atoms with Gasteiger partial charge in [0, 0.05) is 31.1 Å². The molecular formula is C33H31N3O5. The van der Waals surface area contributed by atoms with Gasteiger partial charge in [-0.2, -0.15) is 0 Å². The number of ether oxygens (including phenoxy) is 2. The molecule has 0 fully saturated rings. The number of aromatic nitrogens is 2. The number of aliphatic carboxylic acids is 1. The zero-order chi connectivity index (χ0) is 28.4. The predicted octanol–water partition coefficient (Wildman–Crippen LogP) is 6.55. The molecule has 0 atom stereocenters. The zero-order valence-electron chi connectivity index (χ0n) is 22.8. The van der Waals surface area contributed by atoms with Gasteiger partial charge < -0.3 is 19.0 Å². The van der Waals surface area contributed by atoms with Crippen molar-refractivity contribution in [3.8, 4) is 28.8 Å². The first-order valence-corrected chi connectivity index (χ1v) is 13.4. The van der Waals surface area contributed by atoms with E-state index in [2.05, 4.69) is 9.97 Å². The molecule has 208 valence electrons. The highest BCUT2D eigenvalue weighted by Gasteiger charge is 2.14. The summed E-state index contributed by atoms with van der Waals surface area (Å²) >= 11 is 0. The van der Waals surface area contributed by atoms with Crippen molar-refractivity contribution in [2.75, 3.05) is 13.2 Å². The summed E-state index contributed by atoms with van der Waals surface area (Å²) in [6, 6.07) is 32.5. The first-order valence-electron chi connectivity index (χ1n) is 13.4. The van der Waals surface area contributed by atoms with Gasteiger partial charge >= 0.3 is 5.97 Å². The summed E-state index contributed by atoms with van der Waals surface area (Å²) in [4.78, 5) is 22.7. The minimum Gasteiger partial charge on any atom is -0.480 e. The Bertz CT molecular complexity index is 1570. The second kappa shape index (κ2) is 13.4. The summed E-state index contributed by atoms with van der Waals surface area (Å²) in [5, 5.41) is 9.54. The molecular weight excluding hydrogens is 518 g/mol. The van der Waals surface area contributed by atoms with Crippen LogP contribution < -0.4 is 9.47 Å². The molecule has 8 heteroatoms. The predicted molar refractivity (Wildman–Crippen MR) is 155 cm³/mol. The van der Waals surface area contributed by atoms with Crippen LogP contribution in [0.25, 0.3) is 11.5 Å². The molecule has 1 N–H and O–H groups in total. The van der Waals surface area contributed by atoms with Crippen LogP contribution in [-0.4, -0.2) is 39.1 Å². The van der Waals surface area contributed by atoms with Gasteiger partial charge in [0.15, 0.2) is 0 Å². The Balaban J connectivity index is 1.20. The number of carboxylic acid groups (broad SMARTS) is 1. The van der Waals surface area contributed by atoms with E-state index >= 15 is 0 Å². The standard InChI is InChI=1S/C33H31N3O5/c1-24-30(35-33(40-24)26-11-4-2-5-12-26)18-19-39-31-17-9-13-27(34-31)22-36(23-32(37)38)21-25-10-8-16-29(20-25)41-28-14-6-3-7-15-28/h2-17,20H,18-19,21-23H2,1H3,(H,37,38). The maximum absolute atomic E-state index is 11.6. The van der Waals surface area contributed by atoms with Crippen molar-refractivity contribution in [1.82, 2.24) is 14.9 Å². The fourth-order valence-electron chi connectivity index (χ4n) is 4.42. The van der Waals surface area contributed by atoms with E-state index in [-0.39, 0.29) is 6.54 Å². The molecule has 5 aromatic rings. The number of hydrogen-bond donors (Lipinski definition) is 1. The smallest absolute Gasteiger partial charge is 0.317 e. The molecule has 0 saturated heterocycles. The molecule has 41 heavy (non-hydrogen) atoms. The minimum absolute atomic E-state index is 0.133. The van der Waals surface area contributed by atoms with E-state index < -0.39 is 5.97 Å². The normalized spacial score (nSPS) is 11.0. The molecule has 0 unspecified atom stereocenters. The Morgan fingerprint density at radius 3 is 2.37 bits per heavy atom. The fraction of sp³-hybridized carbons (Fsp3) is 0.182. The Kier molecular flexibility index (Phi) is 9.03. The van der Waals surface area contributed by atoms with E-state index in [9.17, 15) is 9.90 Å². The third-order valence-electron chi connectivity index (χ3n) is 6.31. The minimum atomic E-state index is -0.910. The third kappa shape index (κ3) is 8.03. The number of carbonyl (C=O) groups is 1. The van der Waals surface area contributed by atoms with Crippen molar-refractivity contribution >= 4 is 5.97 Å². The van der Waals surface area contributed by atoms with Crippen LogP contribution >= 0.6 is 0 Å². The van der Waals surface area contributed by atoms with Crippen LogP contribution in [0.3, 0.4) is 0 Å². The molecule has 0 spiro atoms. The molecule has 0 aliphatic carbocycles. The molecule has 0 aliphatic heterocycles. The Hall–Kier alpha value is -4.95. The Morgan fingerprint density at radius 1 is 0.854 bits per heavy atom. The van der Waals surface area contributed by atoms with Gasteiger partial charge in [-0.25, -0.2) is 9.97 Å². The number of carboxylic acids is 1. The molecule has 0 amide bonds. The van der Waals surface area contributed by atoms with Crippen molar-refractivity contribution in [3.05, 3.63) is 126 Å². The van der Waals surface area contributed by atoms with E-state index in [1.807, 2.05) is 109 Å². The lowest BCUT2D eigenvalue weighted by Gasteiger charge is -2.20. The highest BCUT2D eigenvalue weighted by molar-refractivity contribution is 5.69. The molecule has 0 radical (unpaired) electrons. The molecule has 0 bridgehead atoms. The average molecular weight is 550 g/mol. The highest BCUT2D eigenvalue weighted by Crippen LogP contribution is 2.24. The number of pyridine rings is 1. The van der Waals surface area contributed by atoms with Gasteiger partial charge in [-0.05, 0) is 55.0 Å². The summed E-state index contributed by atoms with van der Waals surface area (Å²) in [5.41, 5.74) is 3.42. The first kappa shape index (κ1) is 27.6. The van der Waals surface area contributed by atoms with E-state index in [0.717, 1.165) is 28.3 Å². The van der Waals surface area contributed by atoms with Crippen LogP contribution in [-0.2, 0) is 24.3 Å². The fourth-order valence-corrected chi connectivity index (χ4v) is 4.42. The highest BCUT2D eigenvalue weighted by atomic mass is 16.5. The van der Waals surface area contributed by atoms with Crippen molar-refractivity contribution < 1.29 is 23.8 Å². The number of benzene rings is 3. The number of oxazole rings is 1. The summed E-state index contributed by atoms with van der Waals surface area (Å²) in [6.07, 6.45) is 0.570. The van der Waals surface area contributed by atoms with Crippen LogP contribution in [0, 0.1) is 6.92 Å². The Morgan fingerprint density at radius 2 is 1.59 bits per heavy atom.